The van der Waals surface area contributed by atoms with Crippen molar-refractivity contribution in [1.82, 2.24) is 21.3 Å². The molecule has 17 N–H and O–H groups in total. The van der Waals surface area contributed by atoms with Crippen LogP contribution in [-0.4, -0.2) is 112 Å². The highest BCUT2D eigenvalue weighted by molar-refractivity contribution is 5.97. The number of unbranched alkanes of at least 4 members (excludes halogenated alkanes) is 1. The summed E-state index contributed by atoms with van der Waals surface area (Å²) in [6.07, 6.45) is -1.71. The summed E-state index contributed by atoms with van der Waals surface area (Å²) in [5.74, 6) is -9.38. The van der Waals surface area contributed by atoms with Crippen LogP contribution >= 0.6 is 0 Å². The van der Waals surface area contributed by atoms with Crippen LogP contribution in [0.3, 0.4) is 0 Å². The average molecular weight is 675 g/mol. The molecule has 0 aromatic carbocycles. The van der Waals surface area contributed by atoms with Gasteiger partial charge in [0, 0.05) is 19.4 Å². The first kappa shape index (κ1) is 41.9. The Kier molecular flexibility index (Phi) is 20.0. The molecule has 0 saturated heterocycles. The number of aliphatic imine (C=N–C) groups is 1. The van der Waals surface area contributed by atoms with Crippen molar-refractivity contribution in [3.05, 3.63) is 0 Å². The zero-order chi connectivity index (χ0) is 36.1. The van der Waals surface area contributed by atoms with Crippen molar-refractivity contribution < 1.29 is 53.7 Å². The lowest BCUT2D eigenvalue weighted by Gasteiger charge is -2.26. The van der Waals surface area contributed by atoms with Crippen LogP contribution in [0.1, 0.15) is 64.2 Å². The van der Waals surface area contributed by atoms with Gasteiger partial charge in [0.15, 0.2) is 5.96 Å². The van der Waals surface area contributed by atoms with E-state index in [1.807, 2.05) is 0 Å². The molecule has 0 aliphatic carbocycles. The summed E-state index contributed by atoms with van der Waals surface area (Å²) in [5.41, 5.74) is 26.9. The Morgan fingerprint density at radius 2 is 1.11 bits per heavy atom. The van der Waals surface area contributed by atoms with Crippen molar-refractivity contribution in [1.29, 1.82) is 0 Å². The maximum absolute atomic E-state index is 13.2. The number of hydrogen-bond acceptors (Lipinski definition) is 11. The van der Waals surface area contributed by atoms with E-state index in [0.717, 1.165) is 0 Å². The van der Waals surface area contributed by atoms with E-state index in [4.69, 9.17) is 33.8 Å². The minimum absolute atomic E-state index is 0.00269. The second-order valence-electron chi connectivity index (χ2n) is 10.5. The fourth-order valence-electron chi connectivity index (χ4n) is 3.97. The highest BCUT2D eigenvalue weighted by Gasteiger charge is 2.33. The smallest absolute Gasteiger partial charge is 0.326 e. The molecule has 0 aliphatic heterocycles. The summed E-state index contributed by atoms with van der Waals surface area (Å²) in [6.45, 7) is 0.304. The molecule has 0 rings (SSSR count). The Morgan fingerprint density at radius 3 is 1.62 bits per heavy atom. The zero-order valence-corrected chi connectivity index (χ0v) is 25.8. The summed E-state index contributed by atoms with van der Waals surface area (Å²) in [6, 6.07) is -7.52. The fourth-order valence-corrected chi connectivity index (χ4v) is 3.97. The molecule has 5 atom stereocenters. The number of carboxylic acids is 3. The third-order valence-corrected chi connectivity index (χ3v) is 6.47. The van der Waals surface area contributed by atoms with Gasteiger partial charge < -0.3 is 65.3 Å². The topological polar surface area (TPSA) is 388 Å². The summed E-state index contributed by atoms with van der Waals surface area (Å²) in [4.78, 5) is 101. The van der Waals surface area contributed by atoms with E-state index in [9.17, 15) is 48.6 Å². The van der Waals surface area contributed by atoms with Crippen molar-refractivity contribution in [2.75, 3.05) is 13.1 Å². The van der Waals surface area contributed by atoms with E-state index in [1.165, 1.54) is 0 Å². The van der Waals surface area contributed by atoms with Gasteiger partial charge in [-0.15, -0.1) is 0 Å². The number of carbonyl (C=O) groups excluding carboxylic acids is 5. The van der Waals surface area contributed by atoms with Crippen molar-refractivity contribution in [3.8, 4) is 0 Å². The molecular weight excluding hydrogens is 628 g/mol. The average Bonchev–Trinajstić information content (AvgIpc) is 2.97. The Balaban J connectivity index is 6.02. The molecule has 0 fully saturated rings. The molecule has 47 heavy (non-hydrogen) atoms. The van der Waals surface area contributed by atoms with Gasteiger partial charge in [0.1, 0.15) is 24.2 Å². The lowest BCUT2D eigenvalue weighted by molar-refractivity contribution is -0.143. The number of nitrogens with one attached hydrogen (secondary N) is 4. The molecule has 0 heterocycles. The minimum atomic E-state index is -1.83. The number of aliphatic carboxylic acids is 3. The van der Waals surface area contributed by atoms with E-state index in [0.29, 0.717) is 12.8 Å². The Hall–Kier alpha value is -5.05. The molecule has 0 bridgehead atoms. The molecule has 0 aromatic rings. The van der Waals surface area contributed by atoms with Crippen LogP contribution in [0.4, 0.5) is 0 Å². The number of carboxylic acid groups (broad SMARTS) is 3. The highest BCUT2D eigenvalue weighted by atomic mass is 16.4. The highest BCUT2D eigenvalue weighted by Crippen LogP contribution is 2.07. The number of nitrogens with zero attached hydrogens (tertiary/aromatic N) is 1. The van der Waals surface area contributed by atoms with Crippen LogP contribution < -0.4 is 49.9 Å². The number of rotatable bonds is 25. The lowest BCUT2D eigenvalue weighted by Crippen LogP contribution is -2.59. The molecule has 0 spiro atoms. The second kappa shape index (κ2) is 22.5. The first-order valence-electron chi connectivity index (χ1n) is 14.7. The molecule has 21 nitrogen and oxygen atoms in total. The van der Waals surface area contributed by atoms with Gasteiger partial charge in [-0.3, -0.25) is 38.6 Å². The van der Waals surface area contributed by atoms with Crippen LogP contribution in [-0.2, 0) is 38.4 Å². The standard InChI is InChI=1S/C26H46N10O11/c27-10-2-1-4-16(25(46)47)35-23(44)15(7-8-18(29)37)34-24(45)17(12-20(40)41)36-22(43)14(5-3-11-32-26(30)31)33-21(42)13(28)6-9-19(38)39/h13-17H,1-12,27-28H2,(H2,29,37)(H,33,42)(H,34,45)(H,35,44)(H,36,43)(H,38,39)(H,40,41)(H,46,47)(H4,30,31,32). The quantitative estimate of drug-likeness (QED) is 0.0245. The molecule has 266 valence electrons. The number of guanidine groups is 1. The predicted octanol–water partition coefficient (Wildman–Crippen LogP) is -4.87. The summed E-state index contributed by atoms with van der Waals surface area (Å²) >= 11 is 0. The monoisotopic (exact) mass is 674 g/mol. The number of nitrogens with two attached hydrogens (primary N) is 5. The molecule has 0 aromatic heterocycles. The Morgan fingerprint density at radius 1 is 0.596 bits per heavy atom. The second-order valence-corrected chi connectivity index (χ2v) is 10.5. The van der Waals surface area contributed by atoms with Crippen LogP contribution in [0.25, 0.3) is 0 Å². The number of primary amides is 1. The van der Waals surface area contributed by atoms with E-state index in [1.54, 1.807) is 0 Å². The number of amides is 5. The summed E-state index contributed by atoms with van der Waals surface area (Å²) in [5, 5.41) is 36.8. The number of carbonyl (C=O) groups is 8. The molecule has 5 amide bonds. The van der Waals surface area contributed by atoms with E-state index < -0.39 is 103 Å². The largest absolute Gasteiger partial charge is 0.481 e. The summed E-state index contributed by atoms with van der Waals surface area (Å²) in [7, 11) is 0. The van der Waals surface area contributed by atoms with E-state index in [2.05, 4.69) is 26.3 Å². The van der Waals surface area contributed by atoms with Gasteiger partial charge >= 0.3 is 17.9 Å². The lowest BCUT2D eigenvalue weighted by atomic mass is 10.0. The molecule has 0 radical (unpaired) electrons. The Bertz CT molecular complexity index is 1150. The number of hydrogen-bond donors (Lipinski definition) is 12. The van der Waals surface area contributed by atoms with E-state index >= 15 is 0 Å². The van der Waals surface area contributed by atoms with Crippen LogP contribution in [0.2, 0.25) is 0 Å². The van der Waals surface area contributed by atoms with E-state index in [-0.39, 0.29) is 44.7 Å². The van der Waals surface area contributed by atoms with Crippen molar-refractivity contribution >= 4 is 53.4 Å². The van der Waals surface area contributed by atoms with Gasteiger partial charge in [-0.25, -0.2) is 4.79 Å². The van der Waals surface area contributed by atoms with Gasteiger partial charge in [-0.05, 0) is 51.5 Å². The van der Waals surface area contributed by atoms with Crippen LogP contribution in [0.5, 0.6) is 0 Å². The normalized spacial score (nSPS) is 13.8. The molecule has 0 aliphatic rings. The maximum Gasteiger partial charge on any atom is 0.326 e. The third-order valence-electron chi connectivity index (χ3n) is 6.47. The minimum Gasteiger partial charge on any atom is -0.481 e. The SMILES string of the molecule is NCCCCC(NC(=O)C(CCC(N)=O)NC(=O)C(CC(=O)O)NC(=O)C(CCCN=C(N)N)NC(=O)C(N)CCC(=O)O)C(=O)O. The first-order chi connectivity index (χ1) is 22.0. The molecular formula is C26H46N10O11. The first-order valence-corrected chi connectivity index (χ1v) is 14.7. The van der Waals surface area contributed by atoms with Gasteiger partial charge in [0.05, 0.1) is 12.5 Å². The van der Waals surface area contributed by atoms with Crippen molar-refractivity contribution in [2.45, 2.75) is 94.4 Å². The molecule has 5 unspecified atom stereocenters. The maximum atomic E-state index is 13.2. The van der Waals surface area contributed by atoms with Gasteiger partial charge in [-0.1, -0.05) is 0 Å². The third kappa shape index (κ3) is 19.2. The predicted molar refractivity (Wildman–Crippen MR) is 164 cm³/mol. The van der Waals surface area contributed by atoms with Crippen molar-refractivity contribution in [3.63, 3.8) is 0 Å². The van der Waals surface area contributed by atoms with Gasteiger partial charge in [0.2, 0.25) is 29.5 Å². The van der Waals surface area contributed by atoms with Crippen molar-refractivity contribution in [2.24, 2.45) is 33.7 Å². The Labute approximate surface area is 269 Å². The van der Waals surface area contributed by atoms with Gasteiger partial charge in [-0.2, -0.15) is 0 Å². The summed E-state index contributed by atoms with van der Waals surface area (Å²) < 4.78 is 0. The molecule has 0 saturated carbocycles. The van der Waals surface area contributed by atoms with Crippen LogP contribution in [0, 0.1) is 0 Å². The zero-order valence-electron chi connectivity index (χ0n) is 25.8. The fraction of sp³-hybridized carbons (Fsp3) is 0.654. The molecule has 21 heteroatoms. The van der Waals surface area contributed by atoms with Gasteiger partial charge in [0.25, 0.3) is 0 Å². The van der Waals surface area contributed by atoms with Crippen LogP contribution in [0.15, 0.2) is 4.99 Å².